The molecular weight excluding hydrogens is 467 g/mol. The Morgan fingerprint density at radius 3 is 2.39 bits per heavy atom. The summed E-state index contributed by atoms with van der Waals surface area (Å²) in [5.74, 6) is 1.14. The molecular formula is C20H41IN6O. The minimum atomic E-state index is 0. The van der Waals surface area contributed by atoms with E-state index in [0.29, 0.717) is 6.54 Å². The summed E-state index contributed by atoms with van der Waals surface area (Å²) in [6.45, 7) is 13.0. The van der Waals surface area contributed by atoms with Crippen LogP contribution in [0.1, 0.15) is 46.5 Å². The zero-order valence-corrected chi connectivity index (χ0v) is 20.6. The van der Waals surface area contributed by atoms with Crippen molar-refractivity contribution in [1.29, 1.82) is 0 Å². The van der Waals surface area contributed by atoms with Gasteiger partial charge < -0.3 is 20.4 Å². The van der Waals surface area contributed by atoms with E-state index in [9.17, 15) is 4.79 Å². The van der Waals surface area contributed by atoms with Crippen molar-refractivity contribution < 1.29 is 4.79 Å². The molecule has 28 heavy (non-hydrogen) atoms. The molecule has 2 rings (SSSR count). The van der Waals surface area contributed by atoms with Crippen molar-refractivity contribution in [3.63, 3.8) is 0 Å². The van der Waals surface area contributed by atoms with Crippen molar-refractivity contribution in [3.8, 4) is 0 Å². The molecule has 8 heteroatoms. The zero-order valence-electron chi connectivity index (χ0n) is 18.2. The van der Waals surface area contributed by atoms with Gasteiger partial charge in [-0.25, -0.2) is 0 Å². The summed E-state index contributed by atoms with van der Waals surface area (Å²) >= 11 is 0. The molecule has 0 atom stereocenters. The highest BCUT2D eigenvalue weighted by Gasteiger charge is 2.22. The van der Waals surface area contributed by atoms with E-state index >= 15 is 0 Å². The lowest BCUT2D eigenvalue weighted by Gasteiger charge is -2.36. The molecule has 0 aromatic carbocycles. The highest BCUT2D eigenvalue weighted by molar-refractivity contribution is 14.0. The number of rotatable bonds is 8. The number of nitrogens with one attached hydrogen (secondary N) is 2. The third-order valence-corrected chi connectivity index (χ3v) is 5.49. The fraction of sp³-hybridized carbons (Fsp3) is 0.900. The van der Waals surface area contributed by atoms with Gasteiger partial charge in [0.05, 0.1) is 13.1 Å². The first-order valence-electron chi connectivity index (χ1n) is 10.7. The van der Waals surface area contributed by atoms with E-state index in [-0.39, 0.29) is 35.9 Å². The quantitative estimate of drug-likeness (QED) is 0.296. The first kappa shape index (κ1) is 25.4. The largest absolute Gasteiger partial charge is 0.357 e. The number of nitrogens with zero attached hydrogens (tertiary/aromatic N) is 4. The van der Waals surface area contributed by atoms with Crippen LogP contribution in [0.25, 0.3) is 0 Å². The molecule has 0 bridgehead atoms. The molecule has 0 aromatic rings. The molecule has 1 heterocycles. The summed E-state index contributed by atoms with van der Waals surface area (Å²) in [7, 11) is 2.24. The summed E-state index contributed by atoms with van der Waals surface area (Å²) in [4.78, 5) is 23.8. The van der Waals surface area contributed by atoms with Gasteiger partial charge in [-0.05, 0) is 40.7 Å². The van der Waals surface area contributed by atoms with E-state index < -0.39 is 0 Å². The van der Waals surface area contributed by atoms with Crippen LogP contribution in [0.4, 0.5) is 0 Å². The number of aliphatic imine (C=N–C) groups is 1. The maximum Gasteiger partial charge on any atom is 0.234 e. The maximum atomic E-state index is 11.9. The predicted octanol–water partition coefficient (Wildman–Crippen LogP) is 1.59. The first-order chi connectivity index (χ1) is 13.0. The number of likely N-dealkylation sites (N-methyl/N-ethyl adjacent to an activating group) is 1. The van der Waals surface area contributed by atoms with Gasteiger partial charge in [0.25, 0.3) is 0 Å². The lowest BCUT2D eigenvalue weighted by atomic mass is 10.2. The van der Waals surface area contributed by atoms with Crippen LogP contribution in [0.2, 0.25) is 0 Å². The molecule has 0 radical (unpaired) electrons. The van der Waals surface area contributed by atoms with Crippen LogP contribution < -0.4 is 10.6 Å². The Balaban J connectivity index is 0.00000392. The molecule has 1 saturated carbocycles. The number of hydrogen-bond acceptors (Lipinski definition) is 4. The molecule has 1 aliphatic heterocycles. The van der Waals surface area contributed by atoms with Crippen LogP contribution in [0.5, 0.6) is 0 Å². The molecule has 7 nitrogen and oxygen atoms in total. The summed E-state index contributed by atoms with van der Waals surface area (Å²) in [6.07, 6.45) is 5.43. The monoisotopic (exact) mass is 508 g/mol. The van der Waals surface area contributed by atoms with Crippen molar-refractivity contribution in [1.82, 2.24) is 25.3 Å². The minimum Gasteiger partial charge on any atom is -0.357 e. The highest BCUT2D eigenvalue weighted by Crippen LogP contribution is 2.21. The number of guanidine groups is 1. The summed E-state index contributed by atoms with van der Waals surface area (Å²) in [6, 6.07) is 0.956. The highest BCUT2D eigenvalue weighted by atomic mass is 127. The predicted molar refractivity (Wildman–Crippen MR) is 128 cm³/mol. The molecule has 1 saturated heterocycles. The number of amides is 1. The molecule has 0 aromatic heterocycles. The van der Waals surface area contributed by atoms with Gasteiger partial charge in [0.2, 0.25) is 5.91 Å². The normalized spacial score (nSPS) is 19.2. The fourth-order valence-electron chi connectivity index (χ4n) is 3.96. The van der Waals surface area contributed by atoms with Gasteiger partial charge in [0, 0.05) is 51.4 Å². The third-order valence-electron chi connectivity index (χ3n) is 5.49. The lowest BCUT2D eigenvalue weighted by molar-refractivity contribution is -0.123. The van der Waals surface area contributed by atoms with Gasteiger partial charge in [0.1, 0.15) is 0 Å². The van der Waals surface area contributed by atoms with Crippen LogP contribution in [-0.4, -0.2) is 98.1 Å². The zero-order chi connectivity index (χ0) is 19.6. The van der Waals surface area contributed by atoms with E-state index in [1.54, 1.807) is 0 Å². The average Bonchev–Trinajstić information content (AvgIpc) is 3.15. The second-order valence-electron chi connectivity index (χ2n) is 8.14. The van der Waals surface area contributed by atoms with Crippen molar-refractivity contribution in [2.45, 2.75) is 58.5 Å². The minimum absolute atomic E-state index is 0. The Bertz CT molecular complexity index is 473. The van der Waals surface area contributed by atoms with Gasteiger partial charge >= 0.3 is 0 Å². The number of hydrogen-bond donors (Lipinski definition) is 2. The van der Waals surface area contributed by atoms with E-state index in [0.717, 1.165) is 57.8 Å². The maximum absolute atomic E-state index is 11.9. The lowest BCUT2D eigenvalue weighted by Crippen LogP contribution is -2.54. The van der Waals surface area contributed by atoms with Crippen LogP contribution in [-0.2, 0) is 4.79 Å². The molecule has 164 valence electrons. The van der Waals surface area contributed by atoms with Crippen LogP contribution in [0.3, 0.4) is 0 Å². The number of carbonyl (C=O) groups is 1. The van der Waals surface area contributed by atoms with E-state index in [4.69, 9.17) is 4.99 Å². The van der Waals surface area contributed by atoms with Crippen LogP contribution >= 0.6 is 24.0 Å². The average molecular weight is 508 g/mol. The fourth-order valence-corrected chi connectivity index (χ4v) is 3.96. The van der Waals surface area contributed by atoms with Gasteiger partial charge in [-0.1, -0.05) is 12.8 Å². The summed E-state index contributed by atoms with van der Waals surface area (Å²) < 4.78 is 0. The Hall–Kier alpha value is -0.610. The first-order valence-corrected chi connectivity index (χ1v) is 10.7. The number of carbonyl (C=O) groups excluding carboxylic acids is 1. The van der Waals surface area contributed by atoms with Crippen molar-refractivity contribution in [2.24, 2.45) is 4.99 Å². The molecule has 2 aliphatic rings. The van der Waals surface area contributed by atoms with Crippen LogP contribution in [0.15, 0.2) is 4.99 Å². The second kappa shape index (κ2) is 13.6. The number of piperazine rings is 1. The Kier molecular flexibility index (Phi) is 12.3. The molecule has 1 aliphatic carbocycles. The van der Waals surface area contributed by atoms with E-state index in [2.05, 4.69) is 39.3 Å². The van der Waals surface area contributed by atoms with E-state index in [1.165, 1.54) is 25.7 Å². The molecule has 1 amide bonds. The topological polar surface area (TPSA) is 63.2 Å². The van der Waals surface area contributed by atoms with Crippen molar-refractivity contribution in [2.75, 3.05) is 59.4 Å². The smallest absolute Gasteiger partial charge is 0.234 e. The van der Waals surface area contributed by atoms with Crippen LogP contribution in [0, 0.1) is 0 Å². The Labute approximate surface area is 188 Å². The standard InChI is InChI=1S/C20H40N6O.HI/c1-5-21-20(22-10-11-24(4)18-8-6-7-9-18)26-14-12-25(13-15-26)16-19(27)23-17(2)3;/h17-18H,5-16H2,1-4H3,(H,21,22)(H,23,27);1H. The van der Waals surface area contributed by atoms with E-state index in [1.807, 2.05) is 13.8 Å². The Morgan fingerprint density at radius 2 is 1.82 bits per heavy atom. The van der Waals surface area contributed by atoms with Gasteiger partial charge in [0.15, 0.2) is 5.96 Å². The summed E-state index contributed by atoms with van der Waals surface area (Å²) in [5, 5.41) is 6.41. The molecule has 2 fully saturated rings. The van der Waals surface area contributed by atoms with Crippen molar-refractivity contribution in [3.05, 3.63) is 0 Å². The summed E-state index contributed by atoms with van der Waals surface area (Å²) in [5.41, 5.74) is 0. The van der Waals surface area contributed by atoms with Gasteiger partial charge in [-0.3, -0.25) is 14.7 Å². The van der Waals surface area contributed by atoms with Crippen molar-refractivity contribution >= 4 is 35.8 Å². The molecule has 0 unspecified atom stereocenters. The van der Waals surface area contributed by atoms with Gasteiger partial charge in [-0.15, -0.1) is 24.0 Å². The molecule has 2 N–H and O–H groups in total. The third kappa shape index (κ3) is 8.82. The molecule has 0 spiro atoms. The second-order valence-corrected chi connectivity index (χ2v) is 8.14. The van der Waals surface area contributed by atoms with Gasteiger partial charge in [-0.2, -0.15) is 0 Å². The SMILES string of the molecule is CCNC(=NCCN(C)C1CCCC1)N1CCN(CC(=O)NC(C)C)CC1.I. The Morgan fingerprint density at radius 1 is 1.18 bits per heavy atom. The number of halogens is 1.